The largest absolute Gasteiger partial charge is 0.467 e. The molecule has 0 aliphatic rings. The summed E-state index contributed by atoms with van der Waals surface area (Å²) in [6, 6.07) is 7.76. The van der Waals surface area contributed by atoms with Gasteiger partial charge in [-0.1, -0.05) is 17.7 Å². The van der Waals surface area contributed by atoms with Gasteiger partial charge in [-0.2, -0.15) is 15.0 Å². The van der Waals surface area contributed by atoms with Crippen molar-refractivity contribution < 1.29 is 4.74 Å². The third-order valence-corrected chi connectivity index (χ3v) is 3.10. The van der Waals surface area contributed by atoms with Gasteiger partial charge in [0.25, 0.3) is 0 Å². The standard InChI is InChI=1S/C11H11ClN4OS/c1-13-9-14-10(17-2)16-11(15-9)18-8-5-3-4-7(12)6-8/h3-6H,1-2H3,(H,13,14,15,16). The molecular formula is C11H11ClN4OS. The van der Waals surface area contributed by atoms with Crippen LogP contribution in [0.1, 0.15) is 0 Å². The van der Waals surface area contributed by atoms with Crippen LogP contribution in [0.3, 0.4) is 0 Å². The normalized spacial score (nSPS) is 10.2. The fraction of sp³-hybridized carbons (Fsp3) is 0.182. The van der Waals surface area contributed by atoms with E-state index < -0.39 is 0 Å². The predicted octanol–water partition coefficient (Wildman–Crippen LogP) is 2.73. The molecule has 0 radical (unpaired) electrons. The first-order valence-corrected chi connectivity index (χ1v) is 6.32. The molecule has 94 valence electrons. The maximum absolute atomic E-state index is 5.92. The van der Waals surface area contributed by atoms with Crippen molar-refractivity contribution in [3.8, 4) is 6.01 Å². The predicted molar refractivity (Wildman–Crippen MR) is 71.5 cm³/mol. The van der Waals surface area contributed by atoms with Crippen molar-refractivity contribution >= 4 is 29.3 Å². The lowest BCUT2D eigenvalue weighted by molar-refractivity contribution is 0.374. The summed E-state index contributed by atoms with van der Waals surface area (Å²) in [5, 5.41) is 4.08. The SMILES string of the molecule is CNc1nc(OC)nc(Sc2cccc(Cl)c2)n1. The molecule has 2 rings (SSSR count). The van der Waals surface area contributed by atoms with Crippen molar-refractivity contribution in [2.45, 2.75) is 10.1 Å². The van der Waals surface area contributed by atoms with Crippen LogP contribution >= 0.6 is 23.4 Å². The molecule has 0 atom stereocenters. The Hall–Kier alpha value is -1.53. The second kappa shape index (κ2) is 5.88. The number of hydrogen-bond donors (Lipinski definition) is 1. The lowest BCUT2D eigenvalue weighted by Crippen LogP contribution is -2.02. The minimum Gasteiger partial charge on any atom is -0.467 e. The highest BCUT2D eigenvalue weighted by molar-refractivity contribution is 7.99. The molecule has 0 aliphatic carbocycles. The number of methoxy groups -OCH3 is 1. The molecule has 7 heteroatoms. The number of hydrogen-bond acceptors (Lipinski definition) is 6. The number of nitrogens with one attached hydrogen (secondary N) is 1. The van der Waals surface area contributed by atoms with Crippen LogP contribution in [0.2, 0.25) is 5.02 Å². The van der Waals surface area contributed by atoms with Gasteiger partial charge in [0.2, 0.25) is 11.1 Å². The maximum Gasteiger partial charge on any atom is 0.321 e. The van der Waals surface area contributed by atoms with Crippen molar-refractivity contribution in [1.29, 1.82) is 0 Å². The van der Waals surface area contributed by atoms with E-state index >= 15 is 0 Å². The average molecular weight is 283 g/mol. The number of aromatic nitrogens is 3. The van der Waals surface area contributed by atoms with Crippen molar-refractivity contribution in [1.82, 2.24) is 15.0 Å². The molecule has 1 aromatic heterocycles. The lowest BCUT2D eigenvalue weighted by atomic mass is 10.4. The Morgan fingerprint density at radius 2 is 2.11 bits per heavy atom. The van der Waals surface area contributed by atoms with Gasteiger partial charge in [0.05, 0.1) is 7.11 Å². The van der Waals surface area contributed by atoms with Gasteiger partial charge in [-0.3, -0.25) is 0 Å². The van der Waals surface area contributed by atoms with Gasteiger partial charge in [-0.05, 0) is 30.0 Å². The second-order valence-corrected chi connectivity index (χ2v) is 4.71. The number of nitrogens with zero attached hydrogens (tertiary/aromatic N) is 3. The van der Waals surface area contributed by atoms with Crippen LogP contribution in [-0.2, 0) is 0 Å². The highest BCUT2D eigenvalue weighted by Crippen LogP contribution is 2.28. The first-order valence-electron chi connectivity index (χ1n) is 5.12. The molecule has 0 spiro atoms. The summed E-state index contributed by atoms with van der Waals surface area (Å²) in [6.45, 7) is 0. The minimum atomic E-state index is 0.277. The van der Waals surface area contributed by atoms with Crippen LogP contribution in [0.25, 0.3) is 0 Å². The fourth-order valence-corrected chi connectivity index (χ4v) is 2.28. The molecule has 18 heavy (non-hydrogen) atoms. The lowest BCUT2D eigenvalue weighted by Gasteiger charge is -2.05. The third-order valence-electron chi connectivity index (χ3n) is 2.01. The smallest absolute Gasteiger partial charge is 0.321 e. The molecular weight excluding hydrogens is 272 g/mol. The Kier molecular flexibility index (Phi) is 4.22. The van der Waals surface area contributed by atoms with E-state index in [0.29, 0.717) is 16.1 Å². The molecule has 0 amide bonds. The Labute approximate surface area is 114 Å². The zero-order valence-corrected chi connectivity index (χ0v) is 11.4. The van der Waals surface area contributed by atoms with Gasteiger partial charge in [-0.25, -0.2) is 0 Å². The Morgan fingerprint density at radius 1 is 1.28 bits per heavy atom. The van der Waals surface area contributed by atoms with Crippen LogP contribution in [0, 0.1) is 0 Å². The number of anilines is 1. The molecule has 0 fully saturated rings. The quantitative estimate of drug-likeness (QED) is 0.930. The summed E-state index contributed by atoms with van der Waals surface area (Å²) in [4.78, 5) is 13.4. The summed E-state index contributed by atoms with van der Waals surface area (Å²) in [5.41, 5.74) is 0. The Balaban J connectivity index is 2.28. The summed E-state index contributed by atoms with van der Waals surface area (Å²) in [7, 11) is 3.26. The van der Waals surface area contributed by atoms with E-state index in [4.69, 9.17) is 16.3 Å². The number of rotatable bonds is 4. The number of halogens is 1. The monoisotopic (exact) mass is 282 g/mol. The summed E-state index contributed by atoms with van der Waals surface area (Å²) >= 11 is 7.32. The van der Waals surface area contributed by atoms with Crippen LogP contribution in [0.5, 0.6) is 6.01 Å². The molecule has 2 aromatic rings. The molecule has 1 aromatic carbocycles. The van der Waals surface area contributed by atoms with E-state index in [-0.39, 0.29) is 6.01 Å². The van der Waals surface area contributed by atoms with Gasteiger partial charge < -0.3 is 10.1 Å². The van der Waals surface area contributed by atoms with Crippen molar-refractivity contribution in [3.63, 3.8) is 0 Å². The number of benzene rings is 1. The van der Waals surface area contributed by atoms with E-state index in [1.54, 1.807) is 7.05 Å². The van der Waals surface area contributed by atoms with E-state index in [9.17, 15) is 0 Å². The van der Waals surface area contributed by atoms with Crippen LogP contribution in [0.4, 0.5) is 5.95 Å². The Morgan fingerprint density at radius 3 is 2.78 bits per heavy atom. The zero-order valence-electron chi connectivity index (χ0n) is 9.85. The molecule has 0 saturated carbocycles. The first kappa shape index (κ1) is 12.9. The summed E-state index contributed by atoms with van der Waals surface area (Å²) < 4.78 is 5.02. The van der Waals surface area contributed by atoms with E-state index in [0.717, 1.165) is 4.90 Å². The molecule has 0 bridgehead atoms. The maximum atomic E-state index is 5.92. The highest BCUT2D eigenvalue weighted by Gasteiger charge is 2.07. The zero-order chi connectivity index (χ0) is 13.0. The molecule has 0 unspecified atom stereocenters. The van der Waals surface area contributed by atoms with E-state index in [2.05, 4.69) is 20.3 Å². The molecule has 1 heterocycles. The first-order chi connectivity index (χ1) is 8.71. The molecule has 1 N–H and O–H groups in total. The summed E-state index contributed by atoms with van der Waals surface area (Å²) in [6.07, 6.45) is 0. The van der Waals surface area contributed by atoms with E-state index in [1.165, 1.54) is 18.9 Å². The van der Waals surface area contributed by atoms with Gasteiger partial charge in [0.15, 0.2) is 0 Å². The van der Waals surface area contributed by atoms with Crippen molar-refractivity contribution in [3.05, 3.63) is 29.3 Å². The van der Waals surface area contributed by atoms with Crippen molar-refractivity contribution in [2.24, 2.45) is 0 Å². The topological polar surface area (TPSA) is 59.9 Å². The van der Waals surface area contributed by atoms with Gasteiger partial charge in [-0.15, -0.1) is 0 Å². The van der Waals surface area contributed by atoms with E-state index in [1.807, 2.05) is 24.3 Å². The minimum absolute atomic E-state index is 0.277. The number of ether oxygens (including phenoxy) is 1. The average Bonchev–Trinajstić information content (AvgIpc) is 2.38. The molecule has 0 aliphatic heterocycles. The second-order valence-electron chi connectivity index (χ2n) is 3.24. The van der Waals surface area contributed by atoms with Gasteiger partial charge in [0, 0.05) is 17.0 Å². The van der Waals surface area contributed by atoms with Gasteiger partial charge in [0.1, 0.15) is 0 Å². The molecule has 5 nitrogen and oxygen atoms in total. The Bertz CT molecular complexity index is 530. The highest BCUT2D eigenvalue weighted by atomic mass is 35.5. The summed E-state index contributed by atoms with van der Waals surface area (Å²) in [5.74, 6) is 0.464. The van der Waals surface area contributed by atoms with Crippen molar-refractivity contribution in [2.75, 3.05) is 19.5 Å². The third kappa shape index (κ3) is 3.24. The molecule has 0 saturated heterocycles. The van der Waals surface area contributed by atoms with Gasteiger partial charge >= 0.3 is 6.01 Å². The van der Waals surface area contributed by atoms with Crippen LogP contribution in [0.15, 0.2) is 34.3 Å². The fourth-order valence-electron chi connectivity index (χ4n) is 1.22. The van der Waals surface area contributed by atoms with Crippen LogP contribution in [-0.4, -0.2) is 29.1 Å². The van der Waals surface area contributed by atoms with Crippen LogP contribution < -0.4 is 10.1 Å².